The third-order valence-corrected chi connectivity index (χ3v) is 7.80. The second-order valence-corrected chi connectivity index (χ2v) is 10.1. The molecule has 1 aliphatic rings. The number of aryl methyl sites for hydroxylation is 2. The van der Waals surface area contributed by atoms with Crippen molar-refractivity contribution in [2.45, 2.75) is 46.2 Å². The van der Waals surface area contributed by atoms with E-state index in [0.717, 1.165) is 58.7 Å². The zero-order valence-corrected chi connectivity index (χ0v) is 20.1. The van der Waals surface area contributed by atoms with Gasteiger partial charge in [-0.25, -0.2) is 4.98 Å². The van der Waals surface area contributed by atoms with E-state index in [9.17, 15) is 9.90 Å². The van der Waals surface area contributed by atoms with Gasteiger partial charge in [-0.3, -0.25) is 9.69 Å². The molecule has 168 valence electrons. The van der Waals surface area contributed by atoms with Gasteiger partial charge in [-0.2, -0.15) is 0 Å². The number of aliphatic carboxylic acids is 1. The van der Waals surface area contributed by atoms with Crippen LogP contribution < -0.4 is 0 Å². The van der Waals surface area contributed by atoms with Gasteiger partial charge in [-0.1, -0.05) is 60.2 Å². The number of carbonyl (C=O) groups is 1. The van der Waals surface area contributed by atoms with Crippen molar-refractivity contribution >= 4 is 27.5 Å². The van der Waals surface area contributed by atoms with Crippen molar-refractivity contribution in [1.29, 1.82) is 0 Å². The molecule has 5 rings (SSSR count). The molecule has 1 aliphatic heterocycles. The molecule has 0 saturated heterocycles. The van der Waals surface area contributed by atoms with Crippen LogP contribution in [0.4, 0.5) is 0 Å². The Balaban J connectivity index is 1.65. The molecule has 0 amide bonds. The molecule has 4 nitrogen and oxygen atoms in total. The average Bonchev–Trinajstić information content (AvgIpc) is 3.16. The molecule has 0 fully saturated rings. The van der Waals surface area contributed by atoms with E-state index < -0.39 is 11.9 Å². The highest BCUT2D eigenvalue weighted by molar-refractivity contribution is 7.19. The van der Waals surface area contributed by atoms with E-state index in [-0.39, 0.29) is 0 Å². The monoisotopic (exact) mass is 456 g/mol. The van der Waals surface area contributed by atoms with Gasteiger partial charge in [0.1, 0.15) is 4.83 Å². The number of carboxylic acid groups (broad SMARTS) is 1. The van der Waals surface area contributed by atoms with Crippen LogP contribution in [0.2, 0.25) is 0 Å². The summed E-state index contributed by atoms with van der Waals surface area (Å²) in [4.78, 5) is 21.8. The zero-order chi connectivity index (χ0) is 23.1. The minimum Gasteiger partial charge on any atom is -0.481 e. The van der Waals surface area contributed by atoms with Crippen molar-refractivity contribution in [3.8, 4) is 11.1 Å². The smallest absolute Gasteiger partial charge is 0.310 e. The van der Waals surface area contributed by atoms with Gasteiger partial charge in [0.15, 0.2) is 0 Å². The van der Waals surface area contributed by atoms with Crippen LogP contribution in [0.25, 0.3) is 21.3 Å². The first-order valence-electron chi connectivity index (χ1n) is 11.4. The normalized spacial score (nSPS) is 14.9. The predicted octanol–water partition coefficient (Wildman–Crippen LogP) is 6.33. The summed E-state index contributed by atoms with van der Waals surface area (Å²) in [6.07, 6.45) is 0.951. The van der Waals surface area contributed by atoms with E-state index in [0.29, 0.717) is 0 Å². The van der Waals surface area contributed by atoms with Crippen molar-refractivity contribution in [3.63, 3.8) is 0 Å². The topological polar surface area (TPSA) is 53.4 Å². The van der Waals surface area contributed by atoms with Gasteiger partial charge in [0.25, 0.3) is 0 Å². The SMILES string of the molecule is Cc1ccc(-c2c(C(C)C(=O)O)c(C)nc3sc4c(c23)CCN(Cc2ccccc2)C4)cc1. The molecule has 0 aliphatic carbocycles. The van der Waals surface area contributed by atoms with Crippen LogP contribution in [0.5, 0.6) is 0 Å². The van der Waals surface area contributed by atoms with Crippen LogP contribution in [-0.4, -0.2) is 27.5 Å². The first-order chi connectivity index (χ1) is 15.9. The number of fused-ring (bicyclic) bond motifs is 3. The Morgan fingerprint density at radius 1 is 1.12 bits per heavy atom. The van der Waals surface area contributed by atoms with Gasteiger partial charge in [0, 0.05) is 35.6 Å². The molecule has 1 atom stereocenters. The summed E-state index contributed by atoms with van der Waals surface area (Å²) < 4.78 is 0. The fourth-order valence-electron chi connectivity index (χ4n) is 4.96. The third-order valence-electron chi connectivity index (χ3n) is 6.69. The van der Waals surface area contributed by atoms with Gasteiger partial charge in [-0.15, -0.1) is 11.3 Å². The first kappa shape index (κ1) is 21.8. The van der Waals surface area contributed by atoms with E-state index in [2.05, 4.69) is 66.4 Å². The minimum absolute atomic E-state index is 0.619. The van der Waals surface area contributed by atoms with Gasteiger partial charge in [0.2, 0.25) is 0 Å². The Kier molecular flexibility index (Phi) is 5.77. The second kappa shape index (κ2) is 8.73. The van der Waals surface area contributed by atoms with Crippen molar-refractivity contribution in [2.24, 2.45) is 0 Å². The molecule has 0 saturated carbocycles. The van der Waals surface area contributed by atoms with E-state index in [4.69, 9.17) is 4.98 Å². The van der Waals surface area contributed by atoms with Crippen molar-refractivity contribution in [3.05, 3.63) is 87.4 Å². The quantitative estimate of drug-likeness (QED) is 0.381. The Hall–Kier alpha value is -3.02. The Bertz CT molecular complexity index is 1330. The highest BCUT2D eigenvalue weighted by Gasteiger charge is 2.29. The number of nitrogens with zero attached hydrogens (tertiary/aromatic N) is 2. The van der Waals surface area contributed by atoms with Gasteiger partial charge in [-0.05, 0) is 55.0 Å². The second-order valence-electron chi connectivity index (χ2n) is 9.04. The number of rotatable bonds is 5. The zero-order valence-electron chi connectivity index (χ0n) is 19.3. The summed E-state index contributed by atoms with van der Waals surface area (Å²) in [5, 5.41) is 11.0. The standard InChI is InChI=1S/C28H28N2O2S/c1-17-9-11-21(12-10-17)25-24(18(2)28(31)32)19(3)29-27-26(25)22-13-14-30(16-23(22)33-27)15-20-7-5-4-6-8-20/h4-12,18H,13-16H2,1-3H3,(H,31,32). The number of pyridine rings is 1. The lowest BCUT2D eigenvalue weighted by molar-refractivity contribution is -0.138. The number of aromatic nitrogens is 1. The lowest BCUT2D eigenvalue weighted by Gasteiger charge is -2.27. The highest BCUT2D eigenvalue weighted by Crippen LogP contribution is 2.44. The minimum atomic E-state index is -0.814. The van der Waals surface area contributed by atoms with Crippen LogP contribution in [-0.2, 0) is 24.3 Å². The summed E-state index contributed by atoms with van der Waals surface area (Å²) in [7, 11) is 0. The highest BCUT2D eigenvalue weighted by atomic mass is 32.1. The molecule has 2 aromatic heterocycles. The van der Waals surface area contributed by atoms with Crippen molar-refractivity contribution < 1.29 is 9.90 Å². The molecule has 0 bridgehead atoms. The van der Waals surface area contributed by atoms with Crippen LogP contribution in [0, 0.1) is 13.8 Å². The van der Waals surface area contributed by atoms with Gasteiger partial charge in [0.05, 0.1) is 5.92 Å². The van der Waals surface area contributed by atoms with Crippen molar-refractivity contribution in [2.75, 3.05) is 6.54 Å². The van der Waals surface area contributed by atoms with Crippen LogP contribution in [0.1, 0.15) is 45.7 Å². The Morgan fingerprint density at radius 2 is 1.85 bits per heavy atom. The average molecular weight is 457 g/mol. The largest absolute Gasteiger partial charge is 0.481 e. The van der Waals surface area contributed by atoms with Gasteiger partial charge >= 0.3 is 5.97 Å². The maximum atomic E-state index is 12.0. The number of hydrogen-bond acceptors (Lipinski definition) is 4. The van der Waals surface area contributed by atoms with Crippen molar-refractivity contribution in [1.82, 2.24) is 9.88 Å². The fraction of sp³-hybridized carbons (Fsp3) is 0.286. The summed E-state index contributed by atoms with van der Waals surface area (Å²) in [5.41, 5.74) is 7.65. The molecule has 1 unspecified atom stereocenters. The summed E-state index contributed by atoms with van der Waals surface area (Å²) >= 11 is 1.77. The fourth-order valence-corrected chi connectivity index (χ4v) is 6.27. The molecule has 3 heterocycles. The lowest BCUT2D eigenvalue weighted by atomic mass is 9.86. The van der Waals surface area contributed by atoms with Crippen LogP contribution >= 0.6 is 11.3 Å². The summed E-state index contributed by atoms with van der Waals surface area (Å²) in [5.74, 6) is -1.43. The molecule has 5 heteroatoms. The molecule has 0 spiro atoms. The number of thiophene rings is 1. The Labute approximate surface area is 198 Å². The molecule has 1 N–H and O–H groups in total. The molecular weight excluding hydrogens is 428 g/mol. The number of carboxylic acids is 1. The summed E-state index contributed by atoms with van der Waals surface area (Å²) in [6, 6.07) is 19.1. The van der Waals surface area contributed by atoms with Crippen LogP contribution in [0.15, 0.2) is 54.6 Å². The van der Waals surface area contributed by atoms with E-state index in [1.807, 2.05) is 6.92 Å². The third kappa shape index (κ3) is 4.07. The summed E-state index contributed by atoms with van der Waals surface area (Å²) in [6.45, 7) is 8.63. The van der Waals surface area contributed by atoms with E-state index in [1.165, 1.54) is 21.6 Å². The number of benzene rings is 2. The maximum absolute atomic E-state index is 12.0. The molecular formula is C28H28N2O2S. The lowest BCUT2D eigenvalue weighted by Crippen LogP contribution is -2.29. The van der Waals surface area contributed by atoms with E-state index in [1.54, 1.807) is 18.3 Å². The first-order valence-corrected chi connectivity index (χ1v) is 12.2. The van der Waals surface area contributed by atoms with Crippen LogP contribution in [0.3, 0.4) is 0 Å². The molecule has 4 aromatic rings. The number of hydrogen-bond donors (Lipinski definition) is 1. The maximum Gasteiger partial charge on any atom is 0.310 e. The van der Waals surface area contributed by atoms with Gasteiger partial charge < -0.3 is 5.11 Å². The van der Waals surface area contributed by atoms with E-state index >= 15 is 0 Å². The molecule has 2 aromatic carbocycles. The Morgan fingerprint density at radius 3 is 2.55 bits per heavy atom. The predicted molar refractivity (Wildman–Crippen MR) is 135 cm³/mol. The molecule has 33 heavy (non-hydrogen) atoms. The molecule has 0 radical (unpaired) electrons.